The van der Waals surface area contributed by atoms with E-state index in [0.29, 0.717) is 18.3 Å². The molecule has 1 atom stereocenters. The van der Waals surface area contributed by atoms with E-state index in [0.717, 1.165) is 19.6 Å². The minimum absolute atomic E-state index is 0.368. The van der Waals surface area contributed by atoms with Gasteiger partial charge in [0, 0.05) is 13.1 Å². The summed E-state index contributed by atoms with van der Waals surface area (Å²) < 4.78 is 10.6. The van der Waals surface area contributed by atoms with Crippen LogP contribution in [0.15, 0.2) is 0 Å². The zero-order valence-corrected chi connectivity index (χ0v) is 9.76. The Balaban J connectivity index is 1.61. The van der Waals surface area contributed by atoms with Crippen LogP contribution in [-0.2, 0) is 9.47 Å². The molecule has 1 aliphatic carbocycles. The Morgan fingerprint density at radius 3 is 2.80 bits per heavy atom. The van der Waals surface area contributed by atoms with Crippen molar-refractivity contribution in [1.82, 2.24) is 5.32 Å². The van der Waals surface area contributed by atoms with Crippen LogP contribution in [0.3, 0.4) is 0 Å². The van der Waals surface area contributed by atoms with Gasteiger partial charge in [0.05, 0.1) is 12.7 Å². The molecule has 1 saturated carbocycles. The molecular formula is C12H23NO2. The maximum atomic E-state index is 5.49. The molecule has 0 amide bonds. The highest BCUT2D eigenvalue weighted by atomic mass is 16.7. The summed E-state index contributed by atoms with van der Waals surface area (Å²) in [7, 11) is 0. The molecule has 0 aromatic carbocycles. The first-order valence-corrected chi connectivity index (χ1v) is 6.25. The Labute approximate surface area is 92.5 Å². The minimum atomic E-state index is 0.368. The van der Waals surface area contributed by atoms with E-state index in [4.69, 9.17) is 9.47 Å². The van der Waals surface area contributed by atoms with Crippen molar-refractivity contribution in [3.63, 3.8) is 0 Å². The molecular weight excluding hydrogens is 190 g/mol. The van der Waals surface area contributed by atoms with E-state index in [1.807, 2.05) is 0 Å². The SMILES string of the molecule is CCC1(CNCC2CCOCO2)CCC1. The van der Waals surface area contributed by atoms with Crippen LogP contribution in [0.1, 0.15) is 39.0 Å². The van der Waals surface area contributed by atoms with E-state index in [1.165, 1.54) is 32.2 Å². The molecule has 15 heavy (non-hydrogen) atoms. The van der Waals surface area contributed by atoms with Crippen molar-refractivity contribution in [3.05, 3.63) is 0 Å². The average Bonchev–Trinajstić information content (AvgIpc) is 2.24. The topological polar surface area (TPSA) is 30.5 Å². The normalized spacial score (nSPS) is 29.8. The lowest BCUT2D eigenvalue weighted by atomic mass is 9.67. The van der Waals surface area contributed by atoms with E-state index in [9.17, 15) is 0 Å². The molecule has 1 unspecified atom stereocenters. The summed E-state index contributed by atoms with van der Waals surface area (Å²) in [6.07, 6.45) is 6.95. The summed E-state index contributed by atoms with van der Waals surface area (Å²) in [5, 5.41) is 3.57. The quantitative estimate of drug-likeness (QED) is 0.757. The van der Waals surface area contributed by atoms with Crippen molar-refractivity contribution in [1.29, 1.82) is 0 Å². The Bertz CT molecular complexity index is 181. The Morgan fingerprint density at radius 1 is 1.40 bits per heavy atom. The fourth-order valence-electron chi connectivity index (χ4n) is 2.49. The van der Waals surface area contributed by atoms with Crippen molar-refractivity contribution in [3.8, 4) is 0 Å². The molecule has 0 radical (unpaired) electrons. The maximum absolute atomic E-state index is 5.49. The third kappa shape index (κ3) is 2.92. The molecule has 3 nitrogen and oxygen atoms in total. The summed E-state index contributed by atoms with van der Waals surface area (Å²) in [5.41, 5.74) is 0.616. The van der Waals surface area contributed by atoms with Gasteiger partial charge in [-0.3, -0.25) is 0 Å². The first-order chi connectivity index (χ1) is 7.35. The van der Waals surface area contributed by atoms with E-state index in [1.54, 1.807) is 0 Å². The lowest BCUT2D eigenvalue weighted by Gasteiger charge is -2.42. The lowest BCUT2D eigenvalue weighted by Crippen LogP contribution is -2.43. The second-order valence-corrected chi connectivity index (χ2v) is 4.94. The van der Waals surface area contributed by atoms with Gasteiger partial charge in [-0.25, -0.2) is 0 Å². The number of hydrogen-bond donors (Lipinski definition) is 1. The van der Waals surface area contributed by atoms with Crippen LogP contribution >= 0.6 is 0 Å². The van der Waals surface area contributed by atoms with Gasteiger partial charge in [-0.15, -0.1) is 0 Å². The summed E-state index contributed by atoms with van der Waals surface area (Å²) in [6, 6.07) is 0. The molecule has 0 spiro atoms. The molecule has 0 aromatic heterocycles. The summed E-state index contributed by atoms with van der Waals surface area (Å²) in [5.74, 6) is 0. The van der Waals surface area contributed by atoms with Crippen LogP contribution in [0.2, 0.25) is 0 Å². The molecule has 2 rings (SSSR count). The zero-order valence-electron chi connectivity index (χ0n) is 9.76. The van der Waals surface area contributed by atoms with Crippen LogP contribution in [-0.4, -0.2) is 32.6 Å². The molecule has 0 bridgehead atoms. The van der Waals surface area contributed by atoms with E-state index in [2.05, 4.69) is 12.2 Å². The van der Waals surface area contributed by atoms with Crippen molar-refractivity contribution in [2.45, 2.75) is 45.1 Å². The van der Waals surface area contributed by atoms with Gasteiger partial charge in [0.2, 0.25) is 0 Å². The number of nitrogens with one attached hydrogen (secondary N) is 1. The predicted octanol–water partition coefficient (Wildman–Crippen LogP) is 1.92. The van der Waals surface area contributed by atoms with Crippen LogP contribution in [0, 0.1) is 5.41 Å². The predicted molar refractivity (Wildman–Crippen MR) is 59.8 cm³/mol. The highest BCUT2D eigenvalue weighted by Gasteiger charge is 2.34. The molecule has 1 saturated heterocycles. The molecule has 1 heterocycles. The molecule has 0 aromatic rings. The molecule has 2 fully saturated rings. The number of hydrogen-bond acceptors (Lipinski definition) is 3. The van der Waals surface area contributed by atoms with Crippen LogP contribution in [0.5, 0.6) is 0 Å². The van der Waals surface area contributed by atoms with E-state index < -0.39 is 0 Å². The fourth-order valence-corrected chi connectivity index (χ4v) is 2.49. The van der Waals surface area contributed by atoms with Gasteiger partial charge in [0.25, 0.3) is 0 Å². The second-order valence-electron chi connectivity index (χ2n) is 4.94. The summed E-state index contributed by atoms with van der Waals surface area (Å²) >= 11 is 0. The summed E-state index contributed by atoms with van der Waals surface area (Å²) in [4.78, 5) is 0. The molecule has 1 N–H and O–H groups in total. The smallest absolute Gasteiger partial charge is 0.147 e. The third-order valence-electron chi connectivity index (χ3n) is 4.01. The van der Waals surface area contributed by atoms with Gasteiger partial charge in [-0.05, 0) is 31.1 Å². The van der Waals surface area contributed by atoms with Crippen molar-refractivity contribution in [2.24, 2.45) is 5.41 Å². The van der Waals surface area contributed by atoms with E-state index >= 15 is 0 Å². The third-order valence-corrected chi connectivity index (χ3v) is 4.01. The van der Waals surface area contributed by atoms with Gasteiger partial charge in [0.1, 0.15) is 6.79 Å². The van der Waals surface area contributed by atoms with Gasteiger partial charge in [-0.2, -0.15) is 0 Å². The average molecular weight is 213 g/mol. The molecule has 2 aliphatic rings. The first-order valence-electron chi connectivity index (χ1n) is 6.25. The van der Waals surface area contributed by atoms with Gasteiger partial charge in [0.15, 0.2) is 0 Å². The monoisotopic (exact) mass is 213 g/mol. The number of ether oxygens (including phenoxy) is 2. The Kier molecular flexibility index (Phi) is 4.00. The van der Waals surface area contributed by atoms with Crippen LogP contribution in [0.4, 0.5) is 0 Å². The van der Waals surface area contributed by atoms with Gasteiger partial charge in [-0.1, -0.05) is 13.3 Å². The fraction of sp³-hybridized carbons (Fsp3) is 1.00. The standard InChI is InChI=1S/C12H23NO2/c1-2-12(5-3-6-12)9-13-8-11-4-7-14-10-15-11/h11,13H,2-10H2,1H3. The summed E-state index contributed by atoms with van der Waals surface area (Å²) in [6.45, 7) is 5.80. The van der Waals surface area contributed by atoms with Crippen LogP contribution in [0.25, 0.3) is 0 Å². The van der Waals surface area contributed by atoms with Gasteiger partial charge >= 0.3 is 0 Å². The van der Waals surface area contributed by atoms with Gasteiger partial charge < -0.3 is 14.8 Å². The molecule has 3 heteroatoms. The second kappa shape index (κ2) is 5.28. The van der Waals surface area contributed by atoms with Crippen molar-refractivity contribution >= 4 is 0 Å². The maximum Gasteiger partial charge on any atom is 0.147 e. The van der Waals surface area contributed by atoms with Crippen LogP contribution < -0.4 is 5.32 Å². The zero-order chi connectivity index (χ0) is 10.6. The van der Waals surface area contributed by atoms with Crippen molar-refractivity contribution in [2.75, 3.05) is 26.5 Å². The Morgan fingerprint density at radius 2 is 2.27 bits per heavy atom. The highest BCUT2D eigenvalue weighted by molar-refractivity contribution is 4.88. The lowest BCUT2D eigenvalue weighted by molar-refractivity contribution is -0.137. The molecule has 88 valence electrons. The number of rotatable bonds is 5. The minimum Gasteiger partial charge on any atom is -0.355 e. The van der Waals surface area contributed by atoms with E-state index in [-0.39, 0.29) is 0 Å². The largest absolute Gasteiger partial charge is 0.355 e. The van der Waals surface area contributed by atoms with Crippen molar-refractivity contribution < 1.29 is 9.47 Å². The Hall–Kier alpha value is -0.120. The molecule has 1 aliphatic heterocycles. The first kappa shape index (κ1) is 11.4. The highest BCUT2D eigenvalue weighted by Crippen LogP contribution is 2.42.